The molecule has 0 aliphatic carbocycles. The lowest BCUT2D eigenvalue weighted by molar-refractivity contribution is -0.139. The van der Waals surface area contributed by atoms with Gasteiger partial charge < -0.3 is 10.2 Å². The molecule has 2 atom stereocenters. The zero-order chi connectivity index (χ0) is 30.3. The van der Waals surface area contributed by atoms with Gasteiger partial charge in [0.05, 0.1) is 20.6 Å². The lowest BCUT2D eigenvalue weighted by Gasteiger charge is -2.32. The van der Waals surface area contributed by atoms with Crippen molar-refractivity contribution < 1.29 is 18.0 Å². The number of nitrogens with one attached hydrogen (secondary N) is 1. The van der Waals surface area contributed by atoms with Crippen LogP contribution in [0.5, 0.6) is 0 Å². The second kappa shape index (κ2) is 14.2. The Morgan fingerprint density at radius 3 is 2.07 bits per heavy atom. The van der Waals surface area contributed by atoms with E-state index >= 15 is 0 Å². The first kappa shape index (κ1) is 32.4. The first-order chi connectivity index (χ1) is 19.3. The molecule has 0 aromatic heterocycles. The maximum Gasteiger partial charge on any atom is 0.264 e. The number of halogens is 2. The Labute approximate surface area is 253 Å². The summed E-state index contributed by atoms with van der Waals surface area (Å²) >= 11 is 12.3. The van der Waals surface area contributed by atoms with Crippen LogP contribution in [0.25, 0.3) is 0 Å². The Morgan fingerprint density at radius 1 is 0.878 bits per heavy atom. The number of nitrogens with zero attached hydrogens (tertiary/aromatic N) is 2. The van der Waals surface area contributed by atoms with E-state index in [0.717, 1.165) is 9.87 Å². The van der Waals surface area contributed by atoms with Crippen LogP contribution in [0.2, 0.25) is 10.0 Å². The van der Waals surface area contributed by atoms with Crippen LogP contribution in [0.1, 0.15) is 58.1 Å². The molecule has 0 saturated heterocycles. The Kier molecular flexibility index (Phi) is 11.2. The van der Waals surface area contributed by atoms with Gasteiger partial charge in [-0.2, -0.15) is 0 Å². The average Bonchev–Trinajstić information content (AvgIpc) is 2.96. The summed E-state index contributed by atoms with van der Waals surface area (Å²) in [5, 5.41) is 3.59. The third-order valence-electron chi connectivity index (χ3n) is 6.96. The van der Waals surface area contributed by atoms with E-state index in [2.05, 4.69) is 5.32 Å². The van der Waals surface area contributed by atoms with E-state index in [4.69, 9.17) is 23.2 Å². The molecule has 0 bridgehead atoms. The van der Waals surface area contributed by atoms with Crippen molar-refractivity contribution in [1.29, 1.82) is 0 Å². The minimum absolute atomic E-state index is 0.0241. The Hall–Kier alpha value is -3.07. The van der Waals surface area contributed by atoms with Crippen LogP contribution in [-0.4, -0.2) is 43.8 Å². The second-order valence-corrected chi connectivity index (χ2v) is 13.0. The number of anilines is 1. The normalized spacial score (nSPS) is 13.0. The predicted octanol–water partition coefficient (Wildman–Crippen LogP) is 6.64. The Bertz CT molecular complexity index is 1450. The van der Waals surface area contributed by atoms with Gasteiger partial charge in [-0.3, -0.25) is 13.9 Å². The van der Waals surface area contributed by atoms with Gasteiger partial charge in [-0.05, 0) is 73.7 Å². The topological polar surface area (TPSA) is 86.8 Å². The number of rotatable bonds is 12. The number of sulfonamides is 1. The number of hydrogen-bond acceptors (Lipinski definition) is 4. The first-order valence-electron chi connectivity index (χ1n) is 13.6. The van der Waals surface area contributed by atoms with Crippen LogP contribution in [0.4, 0.5) is 5.69 Å². The minimum atomic E-state index is -4.12. The van der Waals surface area contributed by atoms with Gasteiger partial charge in [-0.25, -0.2) is 8.42 Å². The monoisotopic (exact) mass is 617 g/mol. The van der Waals surface area contributed by atoms with Crippen molar-refractivity contribution >= 4 is 50.7 Å². The fraction of sp³-hybridized carbons (Fsp3) is 0.355. The first-order valence-corrected chi connectivity index (χ1v) is 15.8. The van der Waals surface area contributed by atoms with Gasteiger partial charge >= 0.3 is 0 Å². The third-order valence-corrected chi connectivity index (χ3v) is 9.49. The van der Waals surface area contributed by atoms with E-state index < -0.39 is 28.5 Å². The van der Waals surface area contributed by atoms with Gasteiger partial charge in [0.25, 0.3) is 10.0 Å². The summed E-state index contributed by atoms with van der Waals surface area (Å²) in [6, 6.07) is 19.1. The molecule has 220 valence electrons. The Balaban J connectivity index is 2.04. The summed E-state index contributed by atoms with van der Waals surface area (Å²) in [6.45, 7) is 9.06. The zero-order valence-electron chi connectivity index (χ0n) is 24.0. The van der Waals surface area contributed by atoms with E-state index in [1.54, 1.807) is 55.5 Å². The summed E-state index contributed by atoms with van der Waals surface area (Å²) < 4.78 is 28.9. The van der Waals surface area contributed by atoms with E-state index in [9.17, 15) is 18.0 Å². The molecule has 0 saturated carbocycles. The van der Waals surface area contributed by atoms with Crippen molar-refractivity contribution in [3.8, 4) is 0 Å². The molecule has 0 heterocycles. The molecule has 3 aromatic carbocycles. The highest BCUT2D eigenvalue weighted by Gasteiger charge is 2.32. The summed E-state index contributed by atoms with van der Waals surface area (Å²) in [5.41, 5.74) is 2.03. The quantitative estimate of drug-likeness (QED) is 0.247. The van der Waals surface area contributed by atoms with Crippen LogP contribution < -0.4 is 9.62 Å². The van der Waals surface area contributed by atoms with Crippen molar-refractivity contribution in [3.05, 3.63) is 94.0 Å². The van der Waals surface area contributed by atoms with Crippen molar-refractivity contribution in [1.82, 2.24) is 10.2 Å². The number of carbonyl (C=O) groups is 2. The average molecular weight is 619 g/mol. The molecule has 0 unspecified atom stereocenters. The zero-order valence-corrected chi connectivity index (χ0v) is 26.3. The van der Waals surface area contributed by atoms with E-state index in [-0.39, 0.29) is 29.3 Å². The van der Waals surface area contributed by atoms with E-state index in [1.165, 1.54) is 17.0 Å². The van der Waals surface area contributed by atoms with Gasteiger partial charge in [0.2, 0.25) is 11.8 Å². The molecule has 2 amide bonds. The van der Waals surface area contributed by atoms with Gasteiger partial charge in [-0.1, -0.05) is 80.4 Å². The highest BCUT2D eigenvalue weighted by Crippen LogP contribution is 2.27. The van der Waals surface area contributed by atoms with Crippen molar-refractivity contribution in [3.63, 3.8) is 0 Å². The molecule has 1 N–H and O–H groups in total. The van der Waals surface area contributed by atoms with Crippen LogP contribution in [0, 0.1) is 0 Å². The van der Waals surface area contributed by atoms with Gasteiger partial charge in [-0.15, -0.1) is 0 Å². The highest BCUT2D eigenvalue weighted by atomic mass is 35.5. The molecule has 41 heavy (non-hydrogen) atoms. The Morgan fingerprint density at radius 2 is 1.51 bits per heavy atom. The maximum atomic E-state index is 14.0. The largest absolute Gasteiger partial charge is 0.352 e. The van der Waals surface area contributed by atoms with Crippen LogP contribution in [0.15, 0.2) is 77.7 Å². The molecule has 10 heteroatoms. The summed E-state index contributed by atoms with van der Waals surface area (Å²) in [6.07, 6.45) is 0.717. The van der Waals surface area contributed by atoms with Gasteiger partial charge in [0.1, 0.15) is 12.6 Å². The van der Waals surface area contributed by atoms with Crippen LogP contribution in [0.3, 0.4) is 0 Å². The SMILES string of the molecule is CC[C@H](C)NC(=O)[C@@H](C)N(Cc1ccc(Cl)c(Cl)c1)C(=O)CN(c1ccc(C(C)C)cc1)S(=O)(=O)c1ccccc1. The van der Waals surface area contributed by atoms with Crippen molar-refractivity contribution in [2.75, 3.05) is 10.8 Å². The van der Waals surface area contributed by atoms with Crippen molar-refractivity contribution in [2.45, 2.75) is 70.5 Å². The fourth-order valence-corrected chi connectivity index (χ4v) is 5.91. The lowest BCUT2D eigenvalue weighted by atomic mass is 10.0. The molecular weight excluding hydrogens is 581 g/mol. The second-order valence-electron chi connectivity index (χ2n) is 10.3. The summed E-state index contributed by atoms with van der Waals surface area (Å²) in [7, 11) is -4.12. The third kappa shape index (κ3) is 8.24. The number of amides is 2. The van der Waals surface area contributed by atoms with E-state index in [0.29, 0.717) is 27.7 Å². The van der Waals surface area contributed by atoms with Crippen LogP contribution in [-0.2, 0) is 26.2 Å². The summed E-state index contributed by atoms with van der Waals surface area (Å²) in [4.78, 5) is 28.6. The van der Waals surface area contributed by atoms with Crippen molar-refractivity contribution in [2.24, 2.45) is 0 Å². The molecule has 7 nitrogen and oxygen atoms in total. The summed E-state index contributed by atoms with van der Waals surface area (Å²) in [5.74, 6) is -0.641. The number of hydrogen-bond donors (Lipinski definition) is 1. The predicted molar refractivity (Wildman–Crippen MR) is 166 cm³/mol. The molecule has 0 aliphatic rings. The van der Waals surface area contributed by atoms with E-state index in [1.807, 2.05) is 39.8 Å². The molecular formula is C31H37Cl2N3O4S. The molecule has 0 spiro atoms. The maximum absolute atomic E-state index is 14.0. The molecule has 3 aromatic rings. The minimum Gasteiger partial charge on any atom is -0.352 e. The molecule has 0 radical (unpaired) electrons. The van der Waals surface area contributed by atoms with Gasteiger partial charge in [0.15, 0.2) is 0 Å². The highest BCUT2D eigenvalue weighted by molar-refractivity contribution is 7.92. The molecule has 0 aliphatic heterocycles. The fourth-order valence-electron chi connectivity index (χ4n) is 4.16. The standard InChI is InChI=1S/C31H37Cl2N3O4S/c1-6-22(4)34-31(38)23(5)35(19-24-12-17-28(32)29(33)18-24)30(37)20-36(26-15-13-25(14-16-26)21(2)3)41(39,40)27-10-8-7-9-11-27/h7-18,21-23H,6,19-20H2,1-5H3,(H,34,38)/t22-,23+/m0/s1. The molecule has 3 rings (SSSR count). The van der Waals surface area contributed by atoms with Crippen LogP contribution >= 0.6 is 23.2 Å². The number of benzene rings is 3. The van der Waals surface area contributed by atoms with Gasteiger partial charge in [0, 0.05) is 12.6 Å². The smallest absolute Gasteiger partial charge is 0.264 e. The lowest BCUT2D eigenvalue weighted by Crippen LogP contribution is -2.52. The number of carbonyl (C=O) groups excluding carboxylic acids is 2. The molecule has 0 fully saturated rings.